The molecule has 2 saturated heterocycles. The van der Waals surface area contributed by atoms with Gasteiger partial charge >= 0.3 is 10.2 Å². The first kappa shape index (κ1) is 29.0. The normalized spacial score (nSPS) is 27.5. The van der Waals surface area contributed by atoms with Crippen molar-refractivity contribution >= 4 is 32.9 Å². The third-order valence-electron chi connectivity index (χ3n) is 11.3. The number of fused-ring (bicyclic) bond motifs is 9. The van der Waals surface area contributed by atoms with Crippen molar-refractivity contribution < 1.29 is 22.7 Å². The van der Waals surface area contributed by atoms with Crippen molar-refractivity contribution in [2.45, 2.75) is 75.4 Å². The van der Waals surface area contributed by atoms with Gasteiger partial charge in [0.1, 0.15) is 5.75 Å². The molecule has 2 N–H and O–H groups in total. The quantitative estimate of drug-likeness (QED) is 0.426. The molecule has 3 aliphatic heterocycles. The molecule has 4 heterocycles. The van der Waals surface area contributed by atoms with Crippen molar-refractivity contribution in [3.05, 3.63) is 53.1 Å². The van der Waals surface area contributed by atoms with E-state index in [-0.39, 0.29) is 29.5 Å². The molecule has 2 bridgehead atoms. The maximum Gasteiger partial charge on any atom is 0.301 e. The average molecular weight is 632 g/mol. The summed E-state index contributed by atoms with van der Waals surface area (Å²) in [4.78, 5) is 32.4. The molecule has 0 spiro atoms. The number of hydrogen-bond donors (Lipinski definition) is 2. The van der Waals surface area contributed by atoms with E-state index >= 15 is 0 Å². The van der Waals surface area contributed by atoms with E-state index in [1.54, 1.807) is 13.2 Å². The van der Waals surface area contributed by atoms with E-state index in [1.165, 1.54) is 37.4 Å². The van der Waals surface area contributed by atoms with Crippen LogP contribution in [0.15, 0.2) is 36.4 Å². The lowest BCUT2D eigenvalue weighted by molar-refractivity contribution is -0.159. The Labute approximate surface area is 264 Å². The molecule has 11 heteroatoms. The number of carbonyl (C=O) groups excluding carboxylic acids is 2. The first-order chi connectivity index (χ1) is 21.6. The monoisotopic (exact) mass is 631 g/mol. The summed E-state index contributed by atoms with van der Waals surface area (Å²) in [6.07, 6.45) is 7.61. The molecule has 8 rings (SSSR count). The van der Waals surface area contributed by atoms with Crippen LogP contribution in [0.5, 0.6) is 5.75 Å². The van der Waals surface area contributed by atoms with E-state index < -0.39 is 21.5 Å². The van der Waals surface area contributed by atoms with Gasteiger partial charge in [-0.3, -0.25) is 9.59 Å². The van der Waals surface area contributed by atoms with Gasteiger partial charge in [0.15, 0.2) is 0 Å². The molecule has 0 radical (unpaired) electrons. The van der Waals surface area contributed by atoms with Crippen LogP contribution in [-0.4, -0.2) is 81.0 Å². The summed E-state index contributed by atoms with van der Waals surface area (Å²) in [7, 11) is 1.12. The van der Waals surface area contributed by atoms with E-state index in [9.17, 15) is 18.0 Å². The van der Waals surface area contributed by atoms with Crippen LogP contribution in [0, 0.1) is 5.41 Å². The smallest absolute Gasteiger partial charge is 0.301 e. The average Bonchev–Trinajstić information content (AvgIpc) is 3.71. The third-order valence-corrected chi connectivity index (χ3v) is 12.3. The molecule has 2 amide bonds. The fraction of sp³-hybridized carbons (Fsp3) is 0.529. The molecule has 5 aliphatic rings. The summed E-state index contributed by atoms with van der Waals surface area (Å²) in [5.74, 6) is 0.794. The van der Waals surface area contributed by atoms with Gasteiger partial charge in [-0.25, -0.2) is 9.44 Å². The van der Waals surface area contributed by atoms with E-state index in [0.717, 1.165) is 66.7 Å². The van der Waals surface area contributed by atoms with Crippen LogP contribution in [0.25, 0.3) is 22.2 Å². The molecule has 4 atom stereocenters. The Morgan fingerprint density at radius 2 is 1.78 bits per heavy atom. The van der Waals surface area contributed by atoms with Crippen LogP contribution in [0.2, 0.25) is 0 Å². The predicted molar refractivity (Wildman–Crippen MR) is 172 cm³/mol. The predicted octanol–water partition coefficient (Wildman–Crippen LogP) is 3.96. The van der Waals surface area contributed by atoms with Gasteiger partial charge in [-0.2, -0.15) is 8.42 Å². The number of likely N-dealkylation sites (N-methyl/N-ethyl adjacent to an activating group) is 1. The first-order valence-electron chi connectivity index (χ1n) is 16.3. The van der Waals surface area contributed by atoms with Crippen LogP contribution in [0.1, 0.15) is 78.3 Å². The minimum absolute atomic E-state index is 0.0792. The number of piperidine rings is 1. The Hall–Kier alpha value is -3.41. The SMILES string of the molecule is CNS(=O)(=O)NC(=O)c1ccc2c(C3CCCCC3)c3n(c2c1)CC1(C(=O)N2C4CC2CN(C)C4)CC1c1cc(OC)ccc1-3. The van der Waals surface area contributed by atoms with Gasteiger partial charge in [0.05, 0.1) is 18.2 Å². The highest BCUT2D eigenvalue weighted by Gasteiger charge is 2.66. The number of ether oxygens (including phenoxy) is 1. The number of methoxy groups -OCH3 is 1. The Kier molecular flexibility index (Phi) is 6.64. The number of hydrogen-bond acceptors (Lipinski definition) is 6. The van der Waals surface area contributed by atoms with Crippen molar-refractivity contribution in [3.8, 4) is 17.0 Å². The van der Waals surface area contributed by atoms with Gasteiger partial charge < -0.3 is 19.1 Å². The van der Waals surface area contributed by atoms with Gasteiger partial charge in [-0.15, -0.1) is 0 Å². The lowest BCUT2D eigenvalue weighted by Gasteiger charge is -2.56. The van der Waals surface area contributed by atoms with Crippen LogP contribution >= 0.6 is 0 Å². The van der Waals surface area contributed by atoms with Crippen LogP contribution in [0.3, 0.4) is 0 Å². The highest BCUT2D eigenvalue weighted by Crippen LogP contribution is 2.67. The van der Waals surface area contributed by atoms with Gasteiger partial charge in [-0.05, 0) is 80.1 Å². The number of benzene rings is 2. The molecule has 45 heavy (non-hydrogen) atoms. The molecule has 10 nitrogen and oxygen atoms in total. The second-order valence-corrected chi connectivity index (χ2v) is 15.5. The summed E-state index contributed by atoms with van der Waals surface area (Å²) >= 11 is 0. The number of likely N-dealkylation sites (tertiary alicyclic amines) is 2. The van der Waals surface area contributed by atoms with Crippen LogP contribution < -0.4 is 14.2 Å². The summed E-state index contributed by atoms with van der Waals surface area (Å²) in [6, 6.07) is 12.4. The molecule has 2 saturated carbocycles. The zero-order valence-electron chi connectivity index (χ0n) is 26.1. The Balaban J connectivity index is 1.33. The number of piperazine rings is 1. The second kappa shape index (κ2) is 10.3. The van der Waals surface area contributed by atoms with Crippen LogP contribution in [0.4, 0.5) is 0 Å². The highest BCUT2D eigenvalue weighted by atomic mass is 32.2. The Morgan fingerprint density at radius 1 is 1.02 bits per heavy atom. The van der Waals surface area contributed by atoms with Crippen molar-refractivity contribution in [2.75, 3.05) is 34.3 Å². The van der Waals surface area contributed by atoms with E-state index in [4.69, 9.17) is 4.74 Å². The molecular weight excluding hydrogens is 590 g/mol. The summed E-state index contributed by atoms with van der Waals surface area (Å²) in [5.41, 5.74) is 5.30. The van der Waals surface area contributed by atoms with E-state index in [1.807, 2.05) is 18.2 Å². The number of aromatic nitrogens is 1. The maximum absolute atomic E-state index is 14.7. The third kappa shape index (κ3) is 4.45. The zero-order chi connectivity index (χ0) is 31.2. The van der Waals surface area contributed by atoms with Crippen molar-refractivity contribution in [2.24, 2.45) is 5.41 Å². The maximum atomic E-state index is 14.7. The lowest BCUT2D eigenvalue weighted by Crippen LogP contribution is -2.70. The highest BCUT2D eigenvalue weighted by molar-refractivity contribution is 7.88. The minimum atomic E-state index is -3.96. The lowest BCUT2D eigenvalue weighted by atomic mass is 9.81. The first-order valence-corrected chi connectivity index (χ1v) is 17.7. The summed E-state index contributed by atoms with van der Waals surface area (Å²) in [5, 5.41) is 1.08. The largest absolute Gasteiger partial charge is 0.497 e. The van der Waals surface area contributed by atoms with E-state index in [0.29, 0.717) is 12.5 Å². The Morgan fingerprint density at radius 3 is 2.49 bits per heavy atom. The van der Waals surface area contributed by atoms with Crippen molar-refractivity contribution in [3.63, 3.8) is 0 Å². The summed E-state index contributed by atoms with van der Waals surface area (Å²) in [6.45, 7) is 2.34. The molecule has 4 unspecified atom stereocenters. The molecule has 3 aromatic rings. The number of rotatable bonds is 6. The minimum Gasteiger partial charge on any atom is -0.497 e. The molecular formula is C34H41N5O5S. The fourth-order valence-corrected chi connectivity index (χ4v) is 9.53. The number of nitrogens with one attached hydrogen (secondary N) is 2. The molecule has 4 fully saturated rings. The van der Waals surface area contributed by atoms with Crippen molar-refractivity contribution in [1.82, 2.24) is 23.8 Å². The standard InChI is InChI=1S/C34H41N5O5S/c1-35-45(42,43)36-32(40)21-9-11-26-29(13-21)38-19-34(33(41)39-22-14-23(39)18-37(2)17-22)16-28(34)27-15-24(44-3)10-12-25(27)31(38)30(26)20-7-5-4-6-8-20/h9-13,15,20,22-23,28,35H,4-8,14,16-19H2,1-3H3,(H,36,40). The number of amides is 2. The van der Waals surface area contributed by atoms with Gasteiger partial charge in [-0.1, -0.05) is 25.3 Å². The van der Waals surface area contributed by atoms with Crippen LogP contribution in [-0.2, 0) is 21.5 Å². The number of nitrogens with zero attached hydrogens (tertiary/aromatic N) is 3. The summed E-state index contributed by atoms with van der Waals surface area (Å²) < 4.78 is 36.7. The Bertz CT molecular complexity index is 1830. The van der Waals surface area contributed by atoms with Crippen molar-refractivity contribution in [1.29, 1.82) is 0 Å². The van der Waals surface area contributed by atoms with Gasteiger partial charge in [0.2, 0.25) is 5.91 Å². The van der Waals surface area contributed by atoms with E-state index in [2.05, 4.69) is 43.0 Å². The molecule has 2 aromatic carbocycles. The number of carbonyl (C=O) groups is 2. The molecule has 1 aromatic heterocycles. The topological polar surface area (TPSA) is 113 Å². The van der Waals surface area contributed by atoms with Gasteiger partial charge in [0, 0.05) is 66.7 Å². The fourth-order valence-electron chi connectivity index (χ4n) is 9.06. The molecule has 2 aliphatic carbocycles. The second-order valence-electron chi connectivity index (χ2n) is 13.9. The van der Waals surface area contributed by atoms with Gasteiger partial charge in [0.25, 0.3) is 5.91 Å². The zero-order valence-corrected chi connectivity index (χ0v) is 27.0. The molecule has 238 valence electrons.